The van der Waals surface area contributed by atoms with Crippen molar-refractivity contribution in [2.75, 3.05) is 24.2 Å². The first-order valence-corrected chi connectivity index (χ1v) is 12.9. The molecular weight excluding hydrogens is 544 g/mol. The fourth-order valence-electron chi connectivity index (χ4n) is 3.91. The molecule has 1 aromatic heterocycles. The molecule has 2 N–H and O–H groups in total. The van der Waals surface area contributed by atoms with E-state index in [0.29, 0.717) is 12.8 Å². The van der Waals surface area contributed by atoms with Crippen LogP contribution in [0.25, 0.3) is 0 Å². The van der Waals surface area contributed by atoms with Crippen LogP contribution in [0.5, 0.6) is 0 Å². The number of nitrogens with one attached hydrogen (secondary N) is 2. The first-order chi connectivity index (χ1) is 15.9. The Bertz CT molecular complexity index is 1210. The number of anilines is 1. The van der Waals surface area contributed by atoms with Gasteiger partial charge in [-0.2, -0.15) is 13.2 Å². The average molecular weight is 565 g/mol. The summed E-state index contributed by atoms with van der Waals surface area (Å²) >= 11 is 3.43. The molecule has 8 nitrogen and oxygen atoms in total. The van der Waals surface area contributed by atoms with Crippen LogP contribution in [0.2, 0.25) is 0 Å². The number of H-pyrrole nitrogens is 1. The number of aliphatic imine (C=N–C) groups is 1. The molecule has 2 aliphatic heterocycles. The molecule has 0 radical (unpaired) electrons. The molecule has 3 heterocycles. The number of alkyl halides is 4. The Hall–Kier alpha value is -2.29. The second-order valence-electron chi connectivity index (χ2n) is 7.96. The number of aromatic nitrogens is 2. The molecule has 0 aliphatic carbocycles. The summed E-state index contributed by atoms with van der Waals surface area (Å²) in [4.78, 5) is 11.8. The molecule has 1 fully saturated rings. The van der Waals surface area contributed by atoms with Crippen molar-refractivity contribution in [2.45, 2.75) is 29.8 Å². The molecular formula is C20H21BrF4N6O2S. The Kier molecular flexibility index (Phi) is 6.61. The summed E-state index contributed by atoms with van der Waals surface area (Å²) in [6.07, 6.45) is 0.358. The minimum absolute atomic E-state index is 0.0364. The number of imidazole rings is 1. The molecule has 0 spiro atoms. The zero-order valence-electron chi connectivity index (χ0n) is 17.9. The van der Waals surface area contributed by atoms with Gasteiger partial charge in [-0.15, -0.1) is 0 Å². The maximum Gasteiger partial charge on any atom is 0.419 e. The van der Waals surface area contributed by atoms with Gasteiger partial charge >= 0.3 is 6.18 Å². The maximum atomic E-state index is 14.7. The summed E-state index contributed by atoms with van der Waals surface area (Å²) < 4.78 is 80.1. The number of halogens is 5. The highest BCUT2D eigenvalue weighted by atomic mass is 79.9. The number of piperidine rings is 1. The molecule has 1 saturated heterocycles. The van der Waals surface area contributed by atoms with E-state index in [1.807, 2.05) is 0 Å². The molecule has 0 saturated carbocycles. The quantitative estimate of drug-likeness (QED) is 0.330. The van der Waals surface area contributed by atoms with E-state index in [1.165, 1.54) is 35.0 Å². The van der Waals surface area contributed by atoms with Crippen LogP contribution in [0.3, 0.4) is 0 Å². The second-order valence-corrected chi connectivity index (χ2v) is 11.0. The first kappa shape index (κ1) is 24.8. The fraction of sp³-hybridized carbons (Fsp3) is 0.400. The number of benzene rings is 1. The predicted molar refractivity (Wildman–Crippen MR) is 122 cm³/mol. The van der Waals surface area contributed by atoms with E-state index < -0.39 is 38.0 Å². The maximum absolute atomic E-state index is 14.7. The van der Waals surface area contributed by atoms with Crippen LogP contribution >= 0.6 is 15.9 Å². The Morgan fingerprint density at radius 2 is 1.91 bits per heavy atom. The van der Waals surface area contributed by atoms with Gasteiger partial charge in [0.25, 0.3) is 0 Å². The SMILES string of the molecule is CS(=O)(=O)N1CCC(NC2(Br)N=C(c3cnc[nH]3)C(C(F)(F)F)=CN2c2ccccc2F)CC1. The molecule has 34 heavy (non-hydrogen) atoms. The van der Waals surface area contributed by atoms with Crippen LogP contribution < -0.4 is 10.2 Å². The van der Waals surface area contributed by atoms with Crippen LogP contribution in [0.15, 0.2) is 53.6 Å². The highest BCUT2D eigenvalue weighted by Crippen LogP contribution is 2.41. The summed E-state index contributed by atoms with van der Waals surface area (Å²) in [5.74, 6) is -0.738. The molecule has 1 aromatic carbocycles. The van der Waals surface area contributed by atoms with Crippen molar-refractivity contribution < 1.29 is 26.0 Å². The molecule has 4 rings (SSSR count). The summed E-state index contributed by atoms with van der Waals surface area (Å²) in [5.41, 5.74) is -1.58. The Morgan fingerprint density at radius 1 is 1.24 bits per heavy atom. The third kappa shape index (κ3) is 5.04. The van der Waals surface area contributed by atoms with E-state index in [-0.39, 0.29) is 30.5 Å². The summed E-state index contributed by atoms with van der Waals surface area (Å²) in [7, 11) is -3.36. The van der Waals surface area contributed by atoms with Crippen molar-refractivity contribution in [1.29, 1.82) is 0 Å². The van der Waals surface area contributed by atoms with Gasteiger partial charge in [-0.1, -0.05) is 12.1 Å². The van der Waals surface area contributed by atoms with Crippen LogP contribution in [-0.4, -0.2) is 64.7 Å². The lowest BCUT2D eigenvalue weighted by atomic mass is 10.0. The van der Waals surface area contributed by atoms with Crippen molar-refractivity contribution in [3.8, 4) is 0 Å². The standard InChI is InChI=1S/C20H21BrF4N6O2S/c1-34(32,33)30-8-6-13(7-9-30)28-20(21)29-18(16-10-26-12-27-16)14(19(23,24)25)11-31(20)17-5-3-2-4-15(17)22/h2-5,10-13,28H,6-9H2,1H3,(H,26,27). The number of nitrogens with zero attached hydrogens (tertiary/aromatic N) is 4. The number of hydrogen-bond acceptors (Lipinski definition) is 6. The molecule has 2 aromatic rings. The normalized spacial score (nSPS) is 23.1. The lowest BCUT2D eigenvalue weighted by molar-refractivity contribution is -0.0865. The minimum Gasteiger partial charge on any atom is -0.343 e. The van der Waals surface area contributed by atoms with E-state index in [4.69, 9.17) is 0 Å². The molecule has 14 heteroatoms. The summed E-state index contributed by atoms with van der Waals surface area (Å²) in [6, 6.07) is 5.11. The Balaban J connectivity index is 1.76. The van der Waals surface area contributed by atoms with Gasteiger partial charge in [0.2, 0.25) is 14.7 Å². The number of allylic oxidation sites excluding steroid dienone is 1. The lowest BCUT2D eigenvalue weighted by Crippen LogP contribution is -2.59. The van der Waals surface area contributed by atoms with Gasteiger partial charge in [0.1, 0.15) is 11.5 Å². The zero-order chi connectivity index (χ0) is 24.7. The van der Waals surface area contributed by atoms with E-state index >= 15 is 0 Å². The highest BCUT2D eigenvalue weighted by molar-refractivity contribution is 9.10. The van der Waals surface area contributed by atoms with Gasteiger partial charge < -0.3 is 4.98 Å². The molecule has 2 aliphatic rings. The summed E-state index contributed by atoms with van der Waals surface area (Å²) in [6.45, 7) is 0.472. The van der Waals surface area contributed by atoms with E-state index in [2.05, 4.69) is 36.2 Å². The van der Waals surface area contributed by atoms with Gasteiger partial charge in [-0.25, -0.2) is 27.1 Å². The van der Waals surface area contributed by atoms with E-state index in [0.717, 1.165) is 23.4 Å². The van der Waals surface area contributed by atoms with Crippen molar-refractivity contribution in [3.63, 3.8) is 0 Å². The number of rotatable bonds is 5. The number of aromatic amines is 1. The van der Waals surface area contributed by atoms with Gasteiger partial charge in [0, 0.05) is 25.3 Å². The van der Waals surface area contributed by atoms with Crippen molar-refractivity contribution in [1.82, 2.24) is 19.6 Å². The van der Waals surface area contributed by atoms with Crippen molar-refractivity contribution in [2.24, 2.45) is 4.99 Å². The fourth-order valence-corrected chi connectivity index (χ4v) is 5.57. The average Bonchev–Trinajstić information content (AvgIpc) is 3.28. The third-order valence-electron chi connectivity index (χ3n) is 5.57. The minimum atomic E-state index is -4.79. The first-order valence-electron chi connectivity index (χ1n) is 10.2. The number of para-hydroxylation sites is 1. The third-order valence-corrected chi connectivity index (χ3v) is 7.67. The molecule has 184 valence electrons. The van der Waals surface area contributed by atoms with E-state index in [1.54, 1.807) is 0 Å². The van der Waals surface area contributed by atoms with Crippen LogP contribution in [0.1, 0.15) is 18.5 Å². The molecule has 0 bridgehead atoms. The molecule has 1 unspecified atom stereocenters. The monoisotopic (exact) mass is 564 g/mol. The van der Waals surface area contributed by atoms with Crippen LogP contribution in [0.4, 0.5) is 23.2 Å². The predicted octanol–water partition coefficient (Wildman–Crippen LogP) is 3.32. The topological polar surface area (TPSA) is 93.7 Å². The number of sulfonamides is 1. The Labute approximate surface area is 201 Å². The second kappa shape index (κ2) is 9.06. The molecule has 1 atom stereocenters. The van der Waals surface area contributed by atoms with Crippen LogP contribution in [0, 0.1) is 5.82 Å². The highest BCUT2D eigenvalue weighted by Gasteiger charge is 2.47. The van der Waals surface area contributed by atoms with Gasteiger partial charge in [-0.05, 0) is 40.9 Å². The van der Waals surface area contributed by atoms with E-state index in [9.17, 15) is 26.0 Å². The molecule has 0 amide bonds. The van der Waals surface area contributed by atoms with Gasteiger partial charge in [0.15, 0.2) is 0 Å². The van der Waals surface area contributed by atoms with Gasteiger partial charge in [-0.3, -0.25) is 10.2 Å². The van der Waals surface area contributed by atoms with Gasteiger partial charge in [0.05, 0.1) is 35.7 Å². The number of hydrogen-bond donors (Lipinski definition) is 2. The Morgan fingerprint density at radius 3 is 2.47 bits per heavy atom. The zero-order valence-corrected chi connectivity index (χ0v) is 20.3. The van der Waals surface area contributed by atoms with Crippen molar-refractivity contribution in [3.05, 3.63) is 60.1 Å². The summed E-state index contributed by atoms with van der Waals surface area (Å²) in [5, 5.41) is 3.17. The van der Waals surface area contributed by atoms with Crippen molar-refractivity contribution >= 4 is 37.4 Å². The largest absolute Gasteiger partial charge is 0.419 e. The smallest absolute Gasteiger partial charge is 0.343 e. The lowest BCUT2D eigenvalue weighted by Gasteiger charge is -2.43. The van der Waals surface area contributed by atoms with Crippen LogP contribution in [-0.2, 0) is 10.0 Å².